The van der Waals surface area contributed by atoms with Crippen molar-refractivity contribution in [2.75, 3.05) is 11.9 Å². The summed E-state index contributed by atoms with van der Waals surface area (Å²) in [4.78, 5) is 36.7. The van der Waals surface area contributed by atoms with E-state index in [1.165, 1.54) is 24.4 Å². The van der Waals surface area contributed by atoms with Crippen LogP contribution in [0.1, 0.15) is 5.76 Å². The molecule has 0 fully saturated rings. The molecule has 2 heterocycles. The summed E-state index contributed by atoms with van der Waals surface area (Å²) in [5.74, 6) is -1.80. The quantitative estimate of drug-likeness (QED) is 0.350. The third-order valence-electron chi connectivity index (χ3n) is 2.59. The smallest absolute Gasteiger partial charge is 0.433 e. The van der Waals surface area contributed by atoms with Crippen LogP contribution in [-0.4, -0.2) is 28.4 Å². The zero-order valence-electron chi connectivity index (χ0n) is 12.3. The van der Waals surface area contributed by atoms with Gasteiger partial charge < -0.3 is 14.5 Å². The Hall–Kier alpha value is -2.91. The van der Waals surface area contributed by atoms with Crippen LogP contribution in [0.2, 0.25) is 10.0 Å². The van der Waals surface area contributed by atoms with Crippen molar-refractivity contribution in [3.8, 4) is 0 Å². The highest BCUT2D eigenvalue weighted by atomic mass is 35.5. The molecule has 0 unspecified atom stereocenters. The largest absolute Gasteiger partial charge is 0.452 e. The number of hydrogen-bond acceptors (Lipinski definition) is 7. The Kier molecular flexibility index (Phi) is 6.09. The van der Waals surface area contributed by atoms with Gasteiger partial charge in [-0.05, 0) is 18.2 Å². The van der Waals surface area contributed by atoms with E-state index < -0.39 is 29.3 Å². The first kappa shape index (κ1) is 18.4. The fraction of sp³-hybridized carbons (Fsp3) is 0.0714. The highest BCUT2D eigenvalue weighted by Gasteiger charge is 2.11. The van der Waals surface area contributed by atoms with E-state index in [4.69, 9.17) is 32.4 Å². The molecule has 130 valence electrons. The Balaban J connectivity index is 1.83. The number of esters is 1. The molecule has 0 aliphatic rings. The Labute approximate surface area is 150 Å². The molecule has 0 saturated carbocycles. The molecular weight excluding hydrogens is 377 g/mol. The van der Waals surface area contributed by atoms with E-state index >= 15 is 0 Å². The van der Waals surface area contributed by atoms with Crippen LogP contribution in [0.4, 0.5) is 11.7 Å². The number of anilines is 1. The van der Waals surface area contributed by atoms with Crippen molar-refractivity contribution in [1.29, 1.82) is 0 Å². The molecule has 2 aromatic rings. The molecule has 2 aromatic heterocycles. The zero-order chi connectivity index (χ0) is 18.4. The van der Waals surface area contributed by atoms with Gasteiger partial charge in [-0.1, -0.05) is 23.2 Å². The Morgan fingerprint density at radius 1 is 1.40 bits per heavy atom. The fourth-order valence-electron chi connectivity index (χ4n) is 1.54. The second-order valence-corrected chi connectivity index (χ2v) is 5.25. The van der Waals surface area contributed by atoms with E-state index in [2.05, 4.69) is 10.3 Å². The minimum absolute atomic E-state index is 0.0746. The maximum absolute atomic E-state index is 11.7. The zero-order valence-corrected chi connectivity index (χ0v) is 13.8. The Morgan fingerprint density at radius 2 is 2.16 bits per heavy atom. The second kappa shape index (κ2) is 8.27. The highest BCUT2D eigenvalue weighted by Crippen LogP contribution is 2.22. The molecule has 11 heteroatoms. The number of halogens is 2. The lowest BCUT2D eigenvalue weighted by Crippen LogP contribution is -2.20. The van der Waals surface area contributed by atoms with Crippen molar-refractivity contribution in [2.45, 2.75) is 0 Å². The van der Waals surface area contributed by atoms with Gasteiger partial charge in [0.05, 0.1) is 16.1 Å². The van der Waals surface area contributed by atoms with Crippen LogP contribution in [0.15, 0.2) is 34.9 Å². The maximum Gasteiger partial charge on any atom is 0.433 e. The monoisotopic (exact) mass is 385 g/mol. The summed E-state index contributed by atoms with van der Waals surface area (Å²) in [6, 6.07) is 3.84. The van der Waals surface area contributed by atoms with Gasteiger partial charge in [0.1, 0.15) is 10.7 Å². The molecule has 0 radical (unpaired) electrons. The van der Waals surface area contributed by atoms with Gasteiger partial charge in [0.2, 0.25) is 0 Å². The number of ether oxygens (including phenoxy) is 1. The number of carbonyl (C=O) groups is 2. The van der Waals surface area contributed by atoms with Gasteiger partial charge in [-0.3, -0.25) is 14.9 Å². The lowest BCUT2D eigenvalue weighted by Gasteiger charge is -2.06. The summed E-state index contributed by atoms with van der Waals surface area (Å²) in [7, 11) is 0. The number of pyridine rings is 1. The standard InChI is InChI=1S/C14H9Cl2N3O6/c15-8-5-10(16)14(17-6-8)18-11(20)7-24-13(21)4-2-9-1-3-12(25-9)19(22)23/h1-6H,7H2,(H,17,18,20)/b4-2+. The number of furan rings is 1. The third kappa shape index (κ3) is 5.59. The van der Waals surface area contributed by atoms with Crippen LogP contribution in [0, 0.1) is 10.1 Å². The van der Waals surface area contributed by atoms with Crippen LogP contribution in [-0.2, 0) is 14.3 Å². The number of amides is 1. The molecule has 0 spiro atoms. The van der Waals surface area contributed by atoms with Crippen molar-refractivity contribution in [3.05, 3.63) is 56.4 Å². The van der Waals surface area contributed by atoms with Gasteiger partial charge in [0.25, 0.3) is 5.91 Å². The number of nitrogens with zero attached hydrogens (tertiary/aromatic N) is 2. The van der Waals surface area contributed by atoms with E-state index in [0.29, 0.717) is 5.02 Å². The maximum atomic E-state index is 11.7. The average Bonchev–Trinajstić information content (AvgIpc) is 3.03. The summed E-state index contributed by atoms with van der Waals surface area (Å²) in [5.41, 5.74) is 0. The van der Waals surface area contributed by atoms with Crippen LogP contribution in [0.5, 0.6) is 0 Å². The van der Waals surface area contributed by atoms with E-state index in [0.717, 1.165) is 12.1 Å². The van der Waals surface area contributed by atoms with E-state index in [1.807, 2.05) is 0 Å². The molecule has 0 atom stereocenters. The van der Waals surface area contributed by atoms with Crippen LogP contribution < -0.4 is 5.32 Å². The van der Waals surface area contributed by atoms with Gasteiger partial charge in [-0.2, -0.15) is 0 Å². The van der Waals surface area contributed by atoms with Crippen molar-refractivity contribution < 1.29 is 23.7 Å². The van der Waals surface area contributed by atoms with E-state index in [1.54, 1.807) is 0 Å². The molecule has 2 rings (SSSR count). The minimum atomic E-state index is -0.843. The summed E-state index contributed by atoms with van der Waals surface area (Å²) < 4.78 is 9.52. The first-order valence-corrected chi connectivity index (χ1v) is 7.30. The van der Waals surface area contributed by atoms with Crippen LogP contribution in [0.25, 0.3) is 6.08 Å². The van der Waals surface area contributed by atoms with Crippen LogP contribution in [0.3, 0.4) is 0 Å². The van der Waals surface area contributed by atoms with Crippen LogP contribution >= 0.6 is 23.2 Å². The predicted molar refractivity (Wildman–Crippen MR) is 88.2 cm³/mol. The molecule has 9 nitrogen and oxygen atoms in total. The van der Waals surface area contributed by atoms with Crippen molar-refractivity contribution in [2.24, 2.45) is 0 Å². The average molecular weight is 386 g/mol. The molecule has 0 saturated heterocycles. The fourth-order valence-corrected chi connectivity index (χ4v) is 1.97. The van der Waals surface area contributed by atoms with Crippen molar-refractivity contribution in [1.82, 2.24) is 4.98 Å². The molecule has 25 heavy (non-hydrogen) atoms. The normalized spacial score (nSPS) is 10.6. The van der Waals surface area contributed by atoms with E-state index in [-0.39, 0.29) is 16.6 Å². The molecule has 1 amide bonds. The first-order chi connectivity index (χ1) is 11.8. The number of hydrogen-bond donors (Lipinski definition) is 1. The molecule has 0 bridgehead atoms. The molecule has 0 aliphatic carbocycles. The van der Waals surface area contributed by atoms with E-state index in [9.17, 15) is 19.7 Å². The molecule has 0 aromatic carbocycles. The predicted octanol–water partition coefficient (Wildman–Crippen LogP) is 3.08. The SMILES string of the molecule is O=C(COC(=O)/C=C/c1ccc([N+](=O)[O-])o1)Nc1ncc(Cl)cc1Cl. The molecular formula is C14H9Cl2N3O6. The number of carbonyl (C=O) groups excluding carboxylic acids is 2. The second-order valence-electron chi connectivity index (χ2n) is 4.41. The Bertz CT molecular complexity index is 849. The van der Waals surface area contributed by atoms with Gasteiger partial charge in [0, 0.05) is 12.3 Å². The minimum Gasteiger partial charge on any atom is -0.452 e. The summed E-state index contributed by atoms with van der Waals surface area (Å²) in [5, 5.41) is 13.2. The topological polar surface area (TPSA) is 125 Å². The van der Waals surface area contributed by atoms with Crippen molar-refractivity contribution >= 4 is 52.9 Å². The lowest BCUT2D eigenvalue weighted by molar-refractivity contribution is -0.402. The summed E-state index contributed by atoms with van der Waals surface area (Å²) >= 11 is 11.5. The number of aromatic nitrogens is 1. The Morgan fingerprint density at radius 3 is 2.80 bits per heavy atom. The van der Waals surface area contributed by atoms with Crippen molar-refractivity contribution in [3.63, 3.8) is 0 Å². The molecule has 1 N–H and O–H groups in total. The van der Waals surface area contributed by atoms with Gasteiger partial charge in [-0.15, -0.1) is 0 Å². The lowest BCUT2D eigenvalue weighted by atomic mass is 10.4. The number of nitrogens with one attached hydrogen (secondary N) is 1. The first-order valence-electron chi connectivity index (χ1n) is 6.55. The number of rotatable bonds is 6. The van der Waals surface area contributed by atoms with Gasteiger partial charge in [-0.25, -0.2) is 9.78 Å². The van der Waals surface area contributed by atoms with Gasteiger partial charge >= 0.3 is 11.9 Å². The third-order valence-corrected chi connectivity index (χ3v) is 3.08. The highest BCUT2D eigenvalue weighted by molar-refractivity contribution is 6.36. The number of nitro groups is 1. The van der Waals surface area contributed by atoms with Gasteiger partial charge in [0.15, 0.2) is 12.4 Å². The molecule has 0 aliphatic heterocycles. The summed E-state index contributed by atoms with van der Waals surface area (Å²) in [6.45, 7) is -0.581. The summed E-state index contributed by atoms with van der Waals surface area (Å²) in [6.07, 6.45) is 3.43.